The second-order valence-corrected chi connectivity index (χ2v) is 5.53. The number of nitrogens with two attached hydrogens (primary N) is 1. The Hall–Kier alpha value is -2.58. The average molecular weight is 295 g/mol. The van der Waals surface area contributed by atoms with Crippen molar-refractivity contribution in [2.45, 2.75) is 13.3 Å². The Bertz CT molecular complexity index is 812. The zero-order chi connectivity index (χ0) is 14.8. The molecule has 0 fully saturated rings. The molecule has 104 valence electrons. The van der Waals surface area contributed by atoms with E-state index in [1.54, 1.807) is 18.7 Å². The summed E-state index contributed by atoms with van der Waals surface area (Å²) in [7, 11) is 0. The average Bonchev–Trinajstić information content (AvgIpc) is 3.11. The number of nitriles is 1. The number of aryl methyl sites for hydroxylation is 1. The number of furan rings is 1. The molecule has 4 nitrogen and oxygen atoms in total. The molecule has 0 unspecified atom stereocenters. The van der Waals surface area contributed by atoms with Crippen LogP contribution in [-0.2, 0) is 6.42 Å². The fraction of sp³-hybridized carbons (Fsp3) is 0.125. The zero-order valence-corrected chi connectivity index (χ0v) is 12.3. The van der Waals surface area contributed by atoms with Crippen LogP contribution in [0.25, 0.3) is 21.6 Å². The van der Waals surface area contributed by atoms with E-state index in [1.165, 1.54) is 11.3 Å². The number of hydrogen-bond acceptors (Lipinski definition) is 5. The largest absolute Gasteiger partial charge is 0.469 e. The molecular weight excluding hydrogens is 282 g/mol. The number of aromatic nitrogens is 1. The molecule has 0 aliphatic heterocycles. The lowest BCUT2D eigenvalue weighted by atomic mass is 10.0. The molecule has 0 radical (unpaired) electrons. The van der Waals surface area contributed by atoms with Crippen LogP contribution >= 0.6 is 11.3 Å². The maximum Gasteiger partial charge on any atom is 0.129 e. The molecule has 3 aromatic rings. The van der Waals surface area contributed by atoms with E-state index in [0.29, 0.717) is 10.6 Å². The van der Waals surface area contributed by atoms with Crippen LogP contribution in [0.5, 0.6) is 0 Å². The number of hydrogen-bond donors (Lipinski definition) is 1. The second kappa shape index (κ2) is 5.43. The summed E-state index contributed by atoms with van der Waals surface area (Å²) in [5.74, 6) is 0.899. The Kier molecular flexibility index (Phi) is 3.46. The number of pyridine rings is 1. The van der Waals surface area contributed by atoms with Gasteiger partial charge in [-0.3, -0.25) is 4.98 Å². The van der Waals surface area contributed by atoms with Gasteiger partial charge in [0.25, 0.3) is 0 Å². The fourth-order valence-corrected chi connectivity index (χ4v) is 3.42. The van der Waals surface area contributed by atoms with Gasteiger partial charge < -0.3 is 10.2 Å². The van der Waals surface area contributed by atoms with Crippen LogP contribution < -0.4 is 5.73 Å². The summed E-state index contributed by atoms with van der Waals surface area (Å²) in [6.07, 6.45) is 5.90. The third-order valence-corrected chi connectivity index (χ3v) is 4.47. The summed E-state index contributed by atoms with van der Waals surface area (Å²) >= 11 is 1.40. The van der Waals surface area contributed by atoms with Crippen molar-refractivity contribution in [3.8, 4) is 27.6 Å². The lowest BCUT2D eigenvalue weighted by molar-refractivity contribution is 0.517. The van der Waals surface area contributed by atoms with Crippen molar-refractivity contribution >= 4 is 17.0 Å². The highest BCUT2D eigenvalue weighted by molar-refractivity contribution is 7.17. The third kappa shape index (κ3) is 2.20. The molecule has 0 saturated carbocycles. The van der Waals surface area contributed by atoms with Gasteiger partial charge in [-0.2, -0.15) is 5.26 Å². The minimum Gasteiger partial charge on any atom is -0.469 e. The van der Waals surface area contributed by atoms with Gasteiger partial charge in [-0.25, -0.2) is 0 Å². The van der Waals surface area contributed by atoms with Gasteiger partial charge >= 0.3 is 0 Å². The van der Waals surface area contributed by atoms with Crippen LogP contribution in [-0.4, -0.2) is 4.98 Å². The topological polar surface area (TPSA) is 75.8 Å². The molecule has 0 aliphatic carbocycles. The quantitative estimate of drug-likeness (QED) is 0.789. The molecule has 0 aromatic carbocycles. The van der Waals surface area contributed by atoms with E-state index in [0.717, 1.165) is 33.7 Å². The molecule has 0 amide bonds. The molecule has 0 spiro atoms. The molecule has 3 heterocycles. The smallest absolute Gasteiger partial charge is 0.129 e. The minimum absolute atomic E-state index is 0.520. The van der Waals surface area contributed by atoms with Gasteiger partial charge in [-0.15, -0.1) is 11.3 Å². The first kappa shape index (κ1) is 13.4. The summed E-state index contributed by atoms with van der Waals surface area (Å²) < 4.78 is 5.51. The first-order valence-electron chi connectivity index (χ1n) is 6.55. The van der Waals surface area contributed by atoms with Crippen LogP contribution in [0.3, 0.4) is 0 Å². The zero-order valence-electron chi connectivity index (χ0n) is 11.5. The van der Waals surface area contributed by atoms with Gasteiger partial charge in [-0.1, -0.05) is 6.92 Å². The summed E-state index contributed by atoms with van der Waals surface area (Å²) in [4.78, 5) is 5.53. The van der Waals surface area contributed by atoms with Crippen LogP contribution in [0.4, 0.5) is 5.69 Å². The summed E-state index contributed by atoms with van der Waals surface area (Å²) in [5, 5.41) is 9.27. The highest BCUT2D eigenvalue weighted by Gasteiger charge is 2.21. The predicted octanol–water partition coefficient (Wildman–Crippen LogP) is 4.09. The maximum absolute atomic E-state index is 9.27. The Morgan fingerprint density at radius 2 is 2.10 bits per heavy atom. The summed E-state index contributed by atoms with van der Waals surface area (Å²) in [6, 6.07) is 7.89. The van der Waals surface area contributed by atoms with Crippen molar-refractivity contribution < 1.29 is 4.42 Å². The number of thiophene rings is 1. The van der Waals surface area contributed by atoms with Gasteiger partial charge in [0, 0.05) is 34.8 Å². The highest BCUT2D eigenvalue weighted by Crippen LogP contribution is 2.45. The number of nitrogen functional groups attached to an aromatic ring is 1. The Balaban J connectivity index is 2.29. The molecule has 0 saturated heterocycles. The lowest BCUT2D eigenvalue weighted by Gasteiger charge is -2.05. The summed E-state index contributed by atoms with van der Waals surface area (Å²) in [6.45, 7) is 2.04. The van der Waals surface area contributed by atoms with Gasteiger partial charge in [0.05, 0.1) is 12.0 Å². The summed E-state index contributed by atoms with van der Waals surface area (Å²) in [5.41, 5.74) is 9.55. The minimum atomic E-state index is 0.520. The van der Waals surface area contributed by atoms with Gasteiger partial charge in [0.2, 0.25) is 0 Å². The van der Waals surface area contributed by atoms with Gasteiger partial charge in [0.15, 0.2) is 0 Å². The van der Waals surface area contributed by atoms with Crippen LogP contribution in [0.15, 0.2) is 41.3 Å². The molecule has 0 bridgehead atoms. The first-order valence-corrected chi connectivity index (χ1v) is 7.37. The van der Waals surface area contributed by atoms with E-state index in [9.17, 15) is 5.26 Å². The molecule has 3 aromatic heterocycles. The predicted molar refractivity (Wildman–Crippen MR) is 83.8 cm³/mol. The molecule has 2 N–H and O–H groups in total. The lowest BCUT2D eigenvalue weighted by Crippen LogP contribution is -1.90. The molecular formula is C16H13N3OS. The molecule has 0 atom stereocenters. The van der Waals surface area contributed by atoms with Crippen molar-refractivity contribution in [2.75, 3.05) is 5.73 Å². The Morgan fingerprint density at radius 3 is 2.76 bits per heavy atom. The van der Waals surface area contributed by atoms with Crippen molar-refractivity contribution in [3.63, 3.8) is 0 Å². The van der Waals surface area contributed by atoms with Crippen molar-refractivity contribution in [2.24, 2.45) is 0 Å². The van der Waals surface area contributed by atoms with E-state index >= 15 is 0 Å². The maximum atomic E-state index is 9.27. The van der Waals surface area contributed by atoms with Crippen LogP contribution in [0, 0.1) is 11.3 Å². The molecule has 21 heavy (non-hydrogen) atoms. The first-order chi connectivity index (χ1) is 10.3. The van der Waals surface area contributed by atoms with Crippen LogP contribution in [0.2, 0.25) is 0 Å². The fourth-order valence-electron chi connectivity index (χ4n) is 2.34. The number of rotatable bonds is 3. The third-order valence-electron chi connectivity index (χ3n) is 3.33. The number of anilines is 1. The normalized spacial score (nSPS) is 10.5. The van der Waals surface area contributed by atoms with Gasteiger partial charge in [0.1, 0.15) is 16.7 Å². The van der Waals surface area contributed by atoms with Gasteiger partial charge in [-0.05, 0) is 23.8 Å². The van der Waals surface area contributed by atoms with Crippen molar-refractivity contribution in [1.82, 2.24) is 4.98 Å². The Labute approximate surface area is 126 Å². The van der Waals surface area contributed by atoms with E-state index in [1.807, 2.05) is 25.1 Å². The van der Waals surface area contributed by atoms with E-state index in [-0.39, 0.29) is 0 Å². The van der Waals surface area contributed by atoms with E-state index in [4.69, 9.17) is 10.2 Å². The second-order valence-electron chi connectivity index (χ2n) is 4.51. The van der Waals surface area contributed by atoms with Crippen LogP contribution in [0.1, 0.15) is 17.6 Å². The number of nitrogens with zero attached hydrogens (tertiary/aromatic N) is 2. The van der Waals surface area contributed by atoms with E-state index in [2.05, 4.69) is 11.1 Å². The Morgan fingerprint density at radius 1 is 1.33 bits per heavy atom. The van der Waals surface area contributed by atoms with Crippen molar-refractivity contribution in [1.29, 1.82) is 5.26 Å². The SMILES string of the molecule is CCc1occc1-c1sc(C#N)c(N)c1-c1ccncc1. The molecule has 3 rings (SSSR count). The highest BCUT2D eigenvalue weighted by atomic mass is 32.1. The van der Waals surface area contributed by atoms with E-state index < -0.39 is 0 Å². The monoisotopic (exact) mass is 295 g/mol. The molecule has 0 aliphatic rings. The standard InChI is InChI=1S/C16H13N3OS/c1-2-12-11(5-8-20-12)16-14(10-3-6-19-7-4-10)15(18)13(9-17)21-16/h3-8H,2,18H2,1H3. The molecule has 5 heteroatoms. The van der Waals surface area contributed by atoms with Crippen molar-refractivity contribution in [3.05, 3.63) is 47.5 Å².